The fraction of sp³-hybridized carbons (Fsp3) is 0.333. The molecular formula is C24H29N3O. The van der Waals surface area contributed by atoms with E-state index in [1.807, 2.05) is 54.9 Å². The van der Waals surface area contributed by atoms with Gasteiger partial charge >= 0.3 is 0 Å². The van der Waals surface area contributed by atoms with Crippen molar-refractivity contribution in [3.63, 3.8) is 0 Å². The van der Waals surface area contributed by atoms with Gasteiger partial charge in [-0.3, -0.25) is 4.79 Å². The number of benzene rings is 2. The molecule has 1 amide bonds. The maximum absolute atomic E-state index is 12.9. The Balaban J connectivity index is 1.85. The molecule has 0 saturated heterocycles. The Bertz CT molecular complexity index is 1010. The lowest BCUT2D eigenvalue weighted by atomic mass is 9.86. The van der Waals surface area contributed by atoms with E-state index in [0.29, 0.717) is 5.56 Å². The van der Waals surface area contributed by atoms with Gasteiger partial charge in [0.15, 0.2) is 0 Å². The van der Waals surface area contributed by atoms with Crippen LogP contribution in [-0.4, -0.2) is 15.5 Å². The Kier molecular flexibility index (Phi) is 5.41. The number of nitrogens with one attached hydrogen (secondary N) is 1. The van der Waals surface area contributed by atoms with Crippen LogP contribution in [0.25, 0.3) is 5.69 Å². The molecule has 0 atom stereocenters. The van der Waals surface area contributed by atoms with Crippen molar-refractivity contribution in [3.05, 3.63) is 76.9 Å². The van der Waals surface area contributed by atoms with E-state index in [2.05, 4.69) is 44.1 Å². The van der Waals surface area contributed by atoms with Crippen LogP contribution in [-0.2, 0) is 6.42 Å². The molecule has 2 aromatic carbocycles. The van der Waals surface area contributed by atoms with Crippen molar-refractivity contribution >= 4 is 11.6 Å². The molecule has 28 heavy (non-hydrogen) atoms. The van der Waals surface area contributed by atoms with Crippen molar-refractivity contribution in [2.45, 2.75) is 48.0 Å². The summed E-state index contributed by atoms with van der Waals surface area (Å²) < 4.78 is 1.96. The molecule has 3 aromatic rings. The first-order valence-electron chi connectivity index (χ1n) is 9.64. The van der Waals surface area contributed by atoms with E-state index in [9.17, 15) is 4.79 Å². The van der Waals surface area contributed by atoms with Gasteiger partial charge in [-0.05, 0) is 79.6 Å². The highest BCUT2D eigenvalue weighted by Gasteiger charge is 2.15. The van der Waals surface area contributed by atoms with Crippen LogP contribution in [0, 0.1) is 26.2 Å². The van der Waals surface area contributed by atoms with Gasteiger partial charge < -0.3 is 9.88 Å². The average molecular weight is 376 g/mol. The number of hydrogen-bond acceptors (Lipinski definition) is 2. The van der Waals surface area contributed by atoms with Gasteiger partial charge in [-0.25, -0.2) is 4.98 Å². The predicted octanol–water partition coefficient (Wildman–Crippen LogP) is 5.64. The average Bonchev–Trinajstić information content (AvgIpc) is 3.01. The lowest BCUT2D eigenvalue weighted by Crippen LogP contribution is -2.15. The minimum atomic E-state index is -0.0893. The van der Waals surface area contributed by atoms with Crippen molar-refractivity contribution < 1.29 is 4.79 Å². The van der Waals surface area contributed by atoms with E-state index >= 15 is 0 Å². The molecule has 0 radical (unpaired) electrons. The van der Waals surface area contributed by atoms with E-state index in [4.69, 9.17) is 0 Å². The molecule has 4 heteroatoms. The third-order valence-corrected chi connectivity index (χ3v) is 4.66. The summed E-state index contributed by atoms with van der Waals surface area (Å²) in [7, 11) is 0. The van der Waals surface area contributed by atoms with E-state index < -0.39 is 0 Å². The summed E-state index contributed by atoms with van der Waals surface area (Å²) in [5.41, 5.74) is 7.10. The number of anilines is 1. The first-order chi connectivity index (χ1) is 13.1. The van der Waals surface area contributed by atoms with Crippen LogP contribution < -0.4 is 5.32 Å². The topological polar surface area (TPSA) is 46.9 Å². The highest BCUT2D eigenvalue weighted by molar-refractivity contribution is 6.04. The first-order valence-corrected chi connectivity index (χ1v) is 9.64. The Morgan fingerprint density at radius 2 is 1.82 bits per heavy atom. The molecular weight excluding hydrogens is 346 g/mol. The summed E-state index contributed by atoms with van der Waals surface area (Å²) in [4.78, 5) is 17.2. The maximum atomic E-state index is 12.9. The van der Waals surface area contributed by atoms with E-state index in [-0.39, 0.29) is 11.3 Å². The summed E-state index contributed by atoms with van der Waals surface area (Å²) in [6.07, 6.45) is 4.70. The van der Waals surface area contributed by atoms with E-state index in [0.717, 1.165) is 29.1 Å². The maximum Gasteiger partial charge on any atom is 0.255 e. The van der Waals surface area contributed by atoms with Crippen LogP contribution in [0.1, 0.15) is 53.5 Å². The number of aryl methyl sites for hydroxylation is 3. The summed E-state index contributed by atoms with van der Waals surface area (Å²) in [5.74, 6) is -0.0893. The van der Waals surface area contributed by atoms with Gasteiger partial charge in [0.05, 0.1) is 12.0 Å². The predicted molar refractivity (Wildman–Crippen MR) is 115 cm³/mol. The Morgan fingerprint density at radius 3 is 2.46 bits per heavy atom. The summed E-state index contributed by atoms with van der Waals surface area (Å²) >= 11 is 0. The highest BCUT2D eigenvalue weighted by Crippen LogP contribution is 2.24. The number of rotatable bonds is 4. The van der Waals surface area contributed by atoms with Crippen molar-refractivity contribution in [1.82, 2.24) is 9.55 Å². The number of amides is 1. The fourth-order valence-electron chi connectivity index (χ4n) is 3.32. The second-order valence-corrected chi connectivity index (χ2v) is 8.81. The minimum absolute atomic E-state index is 0.0893. The van der Waals surface area contributed by atoms with Crippen LogP contribution >= 0.6 is 0 Å². The summed E-state index contributed by atoms with van der Waals surface area (Å²) in [6.45, 7) is 12.7. The van der Waals surface area contributed by atoms with Crippen LogP contribution in [0.4, 0.5) is 5.69 Å². The molecule has 1 aromatic heterocycles. The molecule has 0 spiro atoms. The molecule has 1 N–H and O–H groups in total. The van der Waals surface area contributed by atoms with Gasteiger partial charge in [0.1, 0.15) is 0 Å². The molecule has 0 aliphatic carbocycles. The molecule has 0 aliphatic rings. The quantitative estimate of drug-likeness (QED) is 0.641. The summed E-state index contributed by atoms with van der Waals surface area (Å²) in [6, 6.07) is 12.0. The lowest BCUT2D eigenvalue weighted by Gasteiger charge is -2.20. The number of nitrogens with zero attached hydrogens (tertiary/aromatic N) is 2. The zero-order chi connectivity index (χ0) is 20.5. The monoisotopic (exact) mass is 375 g/mol. The van der Waals surface area contributed by atoms with Crippen molar-refractivity contribution in [2.75, 3.05) is 5.32 Å². The van der Waals surface area contributed by atoms with Crippen molar-refractivity contribution in [3.8, 4) is 5.69 Å². The Morgan fingerprint density at radius 1 is 1.07 bits per heavy atom. The van der Waals surface area contributed by atoms with Crippen molar-refractivity contribution in [2.24, 2.45) is 5.41 Å². The zero-order valence-corrected chi connectivity index (χ0v) is 17.6. The van der Waals surface area contributed by atoms with E-state index in [1.54, 1.807) is 6.33 Å². The molecule has 1 heterocycles. The fourth-order valence-corrected chi connectivity index (χ4v) is 3.32. The van der Waals surface area contributed by atoms with Gasteiger partial charge in [-0.1, -0.05) is 26.8 Å². The minimum Gasteiger partial charge on any atom is -0.322 e. The van der Waals surface area contributed by atoms with Gasteiger partial charge in [-0.2, -0.15) is 0 Å². The normalized spacial score (nSPS) is 11.5. The molecule has 0 aliphatic heterocycles. The first kappa shape index (κ1) is 19.9. The molecule has 146 valence electrons. The number of hydrogen-bond donors (Lipinski definition) is 1. The molecule has 0 bridgehead atoms. The molecule has 0 saturated carbocycles. The third-order valence-electron chi connectivity index (χ3n) is 4.66. The number of aromatic nitrogens is 2. The number of imidazole rings is 1. The van der Waals surface area contributed by atoms with Crippen LogP contribution in [0.3, 0.4) is 0 Å². The molecule has 3 rings (SSSR count). The summed E-state index contributed by atoms with van der Waals surface area (Å²) in [5, 5.41) is 3.05. The Labute approximate surface area is 167 Å². The standard InChI is InChI=1S/C24H29N3O/c1-16-9-21(12-22(10-16)27-14-18(3)25-15-27)26-23(28)19-8-7-17(2)20(11-19)13-24(4,5)6/h7-12,14-15H,13H2,1-6H3,(H,26,28). The number of carbonyl (C=O) groups excluding carboxylic acids is 1. The Hall–Kier alpha value is -2.88. The third kappa shape index (κ3) is 4.89. The number of carbonyl (C=O) groups is 1. The second kappa shape index (κ2) is 7.63. The largest absolute Gasteiger partial charge is 0.322 e. The zero-order valence-electron chi connectivity index (χ0n) is 17.6. The highest BCUT2D eigenvalue weighted by atomic mass is 16.1. The van der Waals surface area contributed by atoms with E-state index in [1.165, 1.54) is 11.1 Å². The molecule has 0 fully saturated rings. The van der Waals surface area contributed by atoms with Gasteiger partial charge in [0.2, 0.25) is 0 Å². The van der Waals surface area contributed by atoms with Gasteiger partial charge in [0, 0.05) is 23.1 Å². The van der Waals surface area contributed by atoms with Crippen molar-refractivity contribution in [1.29, 1.82) is 0 Å². The lowest BCUT2D eigenvalue weighted by molar-refractivity contribution is 0.102. The van der Waals surface area contributed by atoms with Crippen LogP contribution in [0.15, 0.2) is 48.9 Å². The smallest absolute Gasteiger partial charge is 0.255 e. The SMILES string of the molecule is Cc1cc(NC(=O)c2ccc(C)c(CC(C)(C)C)c2)cc(-n2cnc(C)c2)c1. The van der Waals surface area contributed by atoms with Crippen LogP contribution in [0.5, 0.6) is 0 Å². The van der Waals surface area contributed by atoms with Crippen LogP contribution in [0.2, 0.25) is 0 Å². The van der Waals surface area contributed by atoms with Gasteiger partial charge in [0.25, 0.3) is 5.91 Å². The second-order valence-electron chi connectivity index (χ2n) is 8.81. The van der Waals surface area contributed by atoms with Gasteiger partial charge in [-0.15, -0.1) is 0 Å². The molecule has 0 unspecified atom stereocenters. The molecule has 4 nitrogen and oxygen atoms in total.